The molecular weight excluding hydrogens is 691 g/mol. The Morgan fingerprint density at radius 1 is 0.604 bits per heavy atom. The summed E-state index contributed by atoms with van der Waals surface area (Å²) in [4.78, 5) is 42.7. The lowest BCUT2D eigenvalue weighted by Crippen LogP contribution is -2.29. The van der Waals surface area contributed by atoms with Crippen LogP contribution in [-0.4, -0.2) is 52.3 Å². The minimum absolute atomic E-state index is 0.117. The van der Waals surface area contributed by atoms with Gasteiger partial charge in [0.25, 0.3) is 0 Å². The summed E-state index contributed by atoms with van der Waals surface area (Å²) in [5, 5.41) is 10.1. The second-order valence-corrected chi connectivity index (χ2v) is 14.0. The van der Waals surface area contributed by atoms with Crippen molar-refractivity contribution in [3.05, 3.63) is 97.2 Å². The standard InChI is InChI=1S/C43H69O9P/c1-3-5-7-9-11-12-13-14-15-16-17-18-19-20-21-22-24-28-32-36-42(45)50-38-41(39-51-53(47,48)49)52-43(46)37-33-29-25-27-31-35-40(44)34-30-26-23-10-8-6-4-2/h6,8,11-12,14-15,17-18,20-21,23-24,26,28,30,34,40-41,44H,3-5,7,9-10,13,16,19,22,25,27,29,31-33,35-39H2,1-2H3,(H2,47,48,49)/b8-6+,12-11-,15-14-,18-17-,21-20-,26-23+,28-24-,34-30+/t40?,41-/m1/s1. The van der Waals surface area contributed by atoms with Crippen LogP contribution in [0.25, 0.3) is 0 Å². The first-order valence-electron chi connectivity index (χ1n) is 19.6. The fourth-order valence-corrected chi connectivity index (χ4v) is 5.13. The Labute approximate surface area is 320 Å². The van der Waals surface area contributed by atoms with Gasteiger partial charge in [0, 0.05) is 12.8 Å². The summed E-state index contributed by atoms with van der Waals surface area (Å²) in [5.74, 6) is -1.07. The van der Waals surface area contributed by atoms with Crippen LogP contribution >= 0.6 is 7.82 Å². The van der Waals surface area contributed by atoms with E-state index in [4.69, 9.17) is 19.3 Å². The van der Waals surface area contributed by atoms with E-state index in [1.807, 2.05) is 30.4 Å². The van der Waals surface area contributed by atoms with Crippen LogP contribution in [0.15, 0.2) is 97.2 Å². The van der Waals surface area contributed by atoms with Crippen molar-refractivity contribution < 1.29 is 43.0 Å². The van der Waals surface area contributed by atoms with Crippen LogP contribution in [0.3, 0.4) is 0 Å². The molecule has 300 valence electrons. The Balaban J connectivity index is 4.19. The number of aliphatic hydroxyl groups is 1. The van der Waals surface area contributed by atoms with Crippen molar-refractivity contribution in [3.63, 3.8) is 0 Å². The zero-order chi connectivity index (χ0) is 39.1. The van der Waals surface area contributed by atoms with Gasteiger partial charge in [-0.15, -0.1) is 0 Å². The fraction of sp³-hybridized carbons (Fsp3) is 0.581. The molecular formula is C43H69O9P. The number of phosphoric acid groups is 1. The third-order valence-electron chi connectivity index (χ3n) is 7.70. The topological polar surface area (TPSA) is 140 Å². The van der Waals surface area contributed by atoms with Gasteiger partial charge in [0.05, 0.1) is 12.7 Å². The number of rotatable bonds is 34. The van der Waals surface area contributed by atoms with Gasteiger partial charge in [-0.05, 0) is 70.6 Å². The van der Waals surface area contributed by atoms with Crippen LogP contribution in [0.2, 0.25) is 0 Å². The molecule has 0 aromatic heterocycles. The maximum Gasteiger partial charge on any atom is 0.469 e. The largest absolute Gasteiger partial charge is 0.469 e. The minimum atomic E-state index is -4.80. The smallest absolute Gasteiger partial charge is 0.462 e. The zero-order valence-electron chi connectivity index (χ0n) is 32.5. The van der Waals surface area contributed by atoms with Gasteiger partial charge in [-0.25, -0.2) is 4.57 Å². The molecule has 0 amide bonds. The normalized spacial score (nSPS) is 14.1. The maximum atomic E-state index is 12.4. The van der Waals surface area contributed by atoms with Crippen LogP contribution < -0.4 is 0 Å². The molecule has 53 heavy (non-hydrogen) atoms. The number of unbranched alkanes of at least 4 members (excludes halogenated alkanes) is 7. The first-order chi connectivity index (χ1) is 25.7. The average molecular weight is 761 g/mol. The van der Waals surface area contributed by atoms with Crippen molar-refractivity contribution in [1.29, 1.82) is 0 Å². The Morgan fingerprint density at radius 2 is 1.17 bits per heavy atom. The Morgan fingerprint density at radius 3 is 1.79 bits per heavy atom. The summed E-state index contributed by atoms with van der Waals surface area (Å²) in [6.07, 6.45) is 47.3. The van der Waals surface area contributed by atoms with Crippen LogP contribution in [0.5, 0.6) is 0 Å². The van der Waals surface area contributed by atoms with Crippen molar-refractivity contribution in [3.8, 4) is 0 Å². The molecule has 9 nitrogen and oxygen atoms in total. The average Bonchev–Trinajstić information content (AvgIpc) is 3.12. The van der Waals surface area contributed by atoms with Crippen LogP contribution in [-0.2, 0) is 28.2 Å². The van der Waals surface area contributed by atoms with Gasteiger partial charge in [-0.3, -0.25) is 14.1 Å². The van der Waals surface area contributed by atoms with E-state index in [1.165, 1.54) is 25.7 Å². The highest BCUT2D eigenvalue weighted by Gasteiger charge is 2.22. The van der Waals surface area contributed by atoms with Crippen molar-refractivity contribution >= 4 is 19.8 Å². The lowest BCUT2D eigenvalue weighted by molar-refractivity contribution is -0.161. The zero-order valence-corrected chi connectivity index (χ0v) is 33.4. The number of hydrogen-bond acceptors (Lipinski definition) is 7. The molecule has 0 aliphatic carbocycles. The molecule has 0 fully saturated rings. The van der Waals surface area contributed by atoms with Gasteiger partial charge < -0.3 is 24.4 Å². The second kappa shape index (κ2) is 37.3. The van der Waals surface area contributed by atoms with Gasteiger partial charge in [0.2, 0.25) is 0 Å². The number of allylic oxidation sites excluding steroid dienone is 15. The summed E-state index contributed by atoms with van der Waals surface area (Å²) < 4.78 is 26.2. The van der Waals surface area contributed by atoms with E-state index >= 15 is 0 Å². The summed E-state index contributed by atoms with van der Waals surface area (Å²) in [5.41, 5.74) is 0. The molecule has 0 aliphatic rings. The highest BCUT2D eigenvalue weighted by Crippen LogP contribution is 2.36. The quantitative estimate of drug-likeness (QED) is 0.0192. The summed E-state index contributed by atoms with van der Waals surface area (Å²) in [6, 6.07) is 0. The summed E-state index contributed by atoms with van der Waals surface area (Å²) in [7, 11) is -4.80. The molecule has 1 unspecified atom stereocenters. The Hall–Kier alpha value is -3.07. The van der Waals surface area contributed by atoms with E-state index in [2.05, 4.69) is 79.1 Å². The third-order valence-corrected chi connectivity index (χ3v) is 8.19. The number of carbonyl (C=O) groups is 2. The lowest BCUT2D eigenvalue weighted by atomic mass is 10.1. The maximum absolute atomic E-state index is 12.4. The highest BCUT2D eigenvalue weighted by molar-refractivity contribution is 7.46. The van der Waals surface area contributed by atoms with Crippen molar-refractivity contribution in [1.82, 2.24) is 0 Å². The van der Waals surface area contributed by atoms with Crippen molar-refractivity contribution in [2.75, 3.05) is 13.2 Å². The lowest BCUT2D eigenvalue weighted by Gasteiger charge is -2.18. The fourth-order valence-electron chi connectivity index (χ4n) is 4.77. The minimum Gasteiger partial charge on any atom is -0.462 e. The van der Waals surface area contributed by atoms with E-state index in [0.717, 1.165) is 64.2 Å². The molecule has 0 spiro atoms. The molecule has 2 atom stereocenters. The number of phosphoric ester groups is 1. The van der Waals surface area contributed by atoms with Gasteiger partial charge in [0.15, 0.2) is 6.10 Å². The molecule has 10 heteroatoms. The van der Waals surface area contributed by atoms with Crippen LogP contribution in [0, 0.1) is 0 Å². The van der Waals surface area contributed by atoms with E-state index in [0.29, 0.717) is 19.3 Å². The van der Waals surface area contributed by atoms with E-state index in [-0.39, 0.29) is 19.4 Å². The first kappa shape index (κ1) is 49.9. The van der Waals surface area contributed by atoms with E-state index in [9.17, 15) is 19.3 Å². The Kier molecular flexibility index (Phi) is 35.1. The van der Waals surface area contributed by atoms with Crippen molar-refractivity contribution in [2.24, 2.45) is 0 Å². The van der Waals surface area contributed by atoms with Gasteiger partial charge in [-0.2, -0.15) is 0 Å². The number of hydrogen-bond donors (Lipinski definition) is 3. The van der Waals surface area contributed by atoms with Crippen molar-refractivity contribution in [2.45, 2.75) is 148 Å². The molecule has 0 heterocycles. The summed E-state index contributed by atoms with van der Waals surface area (Å²) in [6.45, 7) is 3.36. The molecule has 0 saturated heterocycles. The molecule has 0 aliphatic heterocycles. The molecule has 0 saturated carbocycles. The predicted molar refractivity (Wildman–Crippen MR) is 217 cm³/mol. The van der Waals surface area contributed by atoms with Crippen LogP contribution in [0.4, 0.5) is 0 Å². The van der Waals surface area contributed by atoms with Gasteiger partial charge in [0.1, 0.15) is 6.61 Å². The molecule has 0 aromatic carbocycles. The van der Waals surface area contributed by atoms with E-state index in [1.54, 1.807) is 6.08 Å². The molecule has 0 radical (unpaired) electrons. The second-order valence-electron chi connectivity index (χ2n) is 12.7. The summed E-state index contributed by atoms with van der Waals surface area (Å²) >= 11 is 0. The SMILES string of the molecule is CC/C=C/C/C=C/C=C/C(O)CCCCCCCC(=O)O[C@H](COC(=O)CC/C=C\C/C=C\C/C=C\C/C=C\C/C=C\CCCCC)COP(=O)(O)O. The third kappa shape index (κ3) is 40.0. The number of esters is 2. The molecule has 0 aromatic rings. The van der Waals surface area contributed by atoms with Gasteiger partial charge in [-0.1, -0.05) is 150 Å². The molecule has 3 N–H and O–H groups in total. The predicted octanol–water partition coefficient (Wildman–Crippen LogP) is 10.8. The Bertz CT molecular complexity index is 1190. The highest BCUT2D eigenvalue weighted by atomic mass is 31.2. The molecule has 0 rings (SSSR count). The number of aliphatic hydroxyl groups excluding tert-OH is 1. The van der Waals surface area contributed by atoms with Gasteiger partial charge >= 0.3 is 19.8 Å². The van der Waals surface area contributed by atoms with Crippen LogP contribution in [0.1, 0.15) is 136 Å². The number of ether oxygens (including phenoxy) is 2. The van der Waals surface area contributed by atoms with E-state index < -0.39 is 38.6 Å². The first-order valence-corrected chi connectivity index (χ1v) is 21.2. The number of carbonyl (C=O) groups excluding carboxylic acids is 2. The molecule has 0 bridgehead atoms. The monoisotopic (exact) mass is 760 g/mol.